The van der Waals surface area contributed by atoms with Crippen LogP contribution in [0.25, 0.3) is 0 Å². The Morgan fingerprint density at radius 2 is 1.70 bits per heavy atom. The lowest BCUT2D eigenvalue weighted by atomic mass is 9.72. The number of carbonyl (C=O) groups excluding carboxylic acids is 3. The molecule has 2 fully saturated rings. The number of aromatic nitrogens is 1. The zero-order chi connectivity index (χ0) is 37.3. The van der Waals surface area contributed by atoms with E-state index in [1.807, 2.05) is 89.0 Å². The monoisotopic (exact) mass is 714 g/mol. The molecular weight excluding hydrogens is 653 g/mol. The second kappa shape index (κ2) is 21.9. The highest BCUT2D eigenvalue weighted by atomic mass is 32.2. The first-order valence-electron chi connectivity index (χ1n) is 17.8. The third kappa shape index (κ3) is 16.2. The number of carbonyl (C=O) groups is 3. The van der Waals surface area contributed by atoms with Crippen molar-refractivity contribution < 1.29 is 23.7 Å². The largest absolute Gasteiger partial charge is 0.390 e. The average molecular weight is 715 g/mol. The summed E-state index contributed by atoms with van der Waals surface area (Å²) in [7, 11) is 1.29. The van der Waals surface area contributed by atoms with Gasteiger partial charge >= 0.3 is 0 Å². The van der Waals surface area contributed by atoms with Crippen molar-refractivity contribution in [1.82, 2.24) is 25.4 Å². The van der Waals surface area contributed by atoms with Gasteiger partial charge in [0.2, 0.25) is 18.2 Å². The molecule has 11 nitrogen and oxygen atoms in total. The van der Waals surface area contributed by atoms with E-state index in [1.54, 1.807) is 18.6 Å². The number of aliphatic hydroxyl groups is 1. The molecule has 0 bridgehead atoms. The summed E-state index contributed by atoms with van der Waals surface area (Å²) < 4.78 is 10.3. The average Bonchev–Trinajstić information content (AvgIpc) is 3.04. The van der Waals surface area contributed by atoms with Crippen molar-refractivity contribution in [2.24, 2.45) is 17.6 Å². The summed E-state index contributed by atoms with van der Waals surface area (Å²) in [5, 5.41) is 18.3. The van der Waals surface area contributed by atoms with Crippen LogP contribution in [-0.2, 0) is 38.1 Å². The van der Waals surface area contributed by atoms with E-state index in [0.29, 0.717) is 36.6 Å². The lowest BCUT2D eigenvalue weighted by molar-refractivity contribution is -0.133. The van der Waals surface area contributed by atoms with Crippen LogP contribution < -0.4 is 16.4 Å². The lowest BCUT2D eigenvalue weighted by Gasteiger charge is -2.47. The molecule has 1 aromatic heterocycles. The summed E-state index contributed by atoms with van der Waals surface area (Å²) in [5.41, 5.74) is 5.93. The number of rotatable bonds is 12. The second-order valence-corrected chi connectivity index (χ2v) is 16.8. The Bertz CT molecular complexity index is 1310. The van der Waals surface area contributed by atoms with Crippen molar-refractivity contribution in [1.29, 1.82) is 0 Å². The Balaban J connectivity index is 0.000000858. The van der Waals surface area contributed by atoms with Gasteiger partial charge in [-0.05, 0) is 76.1 Å². The Morgan fingerprint density at radius 3 is 2.26 bits per heavy atom. The number of fused-ring (bicyclic) bond motifs is 1. The van der Waals surface area contributed by atoms with Gasteiger partial charge in [-0.25, -0.2) is 0 Å². The normalized spacial score (nSPS) is 20.9. The summed E-state index contributed by atoms with van der Waals surface area (Å²) in [6.07, 6.45) is 10.8. The maximum atomic E-state index is 13.5. The molecule has 5 N–H and O–H groups in total. The smallest absolute Gasteiger partial charge is 0.237 e. The van der Waals surface area contributed by atoms with Crippen molar-refractivity contribution in [2.45, 2.75) is 109 Å². The molecule has 4 rings (SSSR count). The Kier molecular flexibility index (Phi) is 18.8. The Labute approximate surface area is 302 Å². The number of likely N-dealkylation sites (tertiary alicyclic amines) is 1. The zero-order valence-electron chi connectivity index (χ0n) is 31.2. The van der Waals surface area contributed by atoms with Gasteiger partial charge in [-0.3, -0.25) is 33.4 Å². The van der Waals surface area contributed by atoms with E-state index in [-0.39, 0.29) is 36.3 Å². The van der Waals surface area contributed by atoms with Gasteiger partial charge in [0.05, 0.1) is 24.7 Å². The minimum atomic E-state index is -0.826. The first-order chi connectivity index (χ1) is 23.6. The number of benzene rings is 1. The van der Waals surface area contributed by atoms with E-state index in [4.69, 9.17) is 4.79 Å². The van der Waals surface area contributed by atoms with Gasteiger partial charge in [-0.2, -0.15) is 0 Å². The van der Waals surface area contributed by atoms with Crippen molar-refractivity contribution in [3.05, 3.63) is 66.0 Å². The number of nitrogens with zero attached hydrogens (tertiary/aromatic N) is 3. The van der Waals surface area contributed by atoms with Gasteiger partial charge in [0.25, 0.3) is 0 Å². The fourth-order valence-electron chi connectivity index (χ4n) is 6.50. The van der Waals surface area contributed by atoms with E-state index in [9.17, 15) is 18.9 Å². The molecule has 1 saturated heterocycles. The standard InChI is InChI=1S/C33H49N5O3.C4H10OS.CH3NO/c1-33(2,3)36-32(41)29-18-26-14-8-9-15-27(26)21-38(29)22-30(39)28(17-24-11-6-5-7-12-24)35-31(40)23-37(4)20-25-13-10-16-34-19-25;1-4(2)6(3)5;2-1-3/h5-7,10-13,16,19,26-30,39H,8-9,14-15,17-18,20-23H2,1-4H3,(H,35,40)(H,36,41);4H,1-3H3;1H,(H2,2,3). The molecule has 2 aliphatic rings. The maximum absolute atomic E-state index is 13.5. The van der Waals surface area contributed by atoms with E-state index < -0.39 is 22.9 Å². The van der Waals surface area contributed by atoms with Crippen molar-refractivity contribution in [2.75, 3.05) is 32.9 Å². The molecule has 1 saturated carbocycles. The predicted molar refractivity (Wildman–Crippen MR) is 201 cm³/mol. The van der Waals surface area contributed by atoms with Crippen LogP contribution in [0.5, 0.6) is 0 Å². The summed E-state index contributed by atoms with van der Waals surface area (Å²) in [6, 6.07) is 13.1. The topological polar surface area (TPSA) is 158 Å². The van der Waals surface area contributed by atoms with Crippen LogP contribution in [0.3, 0.4) is 0 Å². The lowest BCUT2D eigenvalue weighted by Crippen LogP contribution is -2.60. The number of pyridine rings is 1. The third-order valence-electron chi connectivity index (χ3n) is 9.09. The number of primary amides is 1. The molecule has 50 heavy (non-hydrogen) atoms. The molecule has 1 aliphatic carbocycles. The van der Waals surface area contributed by atoms with Crippen LogP contribution in [-0.4, -0.2) is 104 Å². The summed E-state index contributed by atoms with van der Waals surface area (Å²) in [6.45, 7) is 11.9. The van der Waals surface area contributed by atoms with Crippen LogP contribution in [0, 0.1) is 11.8 Å². The van der Waals surface area contributed by atoms with E-state index >= 15 is 0 Å². The van der Waals surface area contributed by atoms with Crippen LogP contribution >= 0.6 is 0 Å². The Hall–Kier alpha value is -3.19. The maximum Gasteiger partial charge on any atom is 0.237 e. The quantitative estimate of drug-likeness (QED) is 0.244. The first kappa shape index (κ1) is 43.0. The Morgan fingerprint density at radius 1 is 1.10 bits per heavy atom. The van der Waals surface area contributed by atoms with E-state index in [0.717, 1.165) is 24.1 Å². The number of hydrogen-bond acceptors (Lipinski definition) is 8. The third-order valence-corrected chi connectivity index (χ3v) is 10.4. The molecule has 12 heteroatoms. The molecule has 1 aromatic carbocycles. The van der Waals surface area contributed by atoms with Crippen LogP contribution in [0.15, 0.2) is 54.9 Å². The molecular formula is C38H62N6O5S. The molecule has 1 aliphatic heterocycles. The fraction of sp³-hybridized carbons (Fsp3) is 0.632. The number of nitrogens with one attached hydrogen (secondary N) is 2. The molecule has 2 heterocycles. The van der Waals surface area contributed by atoms with E-state index in [2.05, 4.69) is 26.3 Å². The van der Waals surface area contributed by atoms with Gasteiger partial charge in [0, 0.05) is 59.9 Å². The number of nitrogens with two attached hydrogens (primary N) is 1. The highest BCUT2D eigenvalue weighted by molar-refractivity contribution is 7.84. The highest BCUT2D eigenvalue weighted by Crippen LogP contribution is 2.39. The van der Waals surface area contributed by atoms with Crippen molar-refractivity contribution in [3.63, 3.8) is 0 Å². The zero-order valence-corrected chi connectivity index (χ0v) is 32.0. The van der Waals surface area contributed by atoms with Gasteiger partial charge in [0.15, 0.2) is 0 Å². The minimum absolute atomic E-state index is 0.0365. The number of amides is 3. The summed E-state index contributed by atoms with van der Waals surface area (Å²) in [4.78, 5) is 43.6. The highest BCUT2D eigenvalue weighted by Gasteiger charge is 2.41. The second-order valence-electron chi connectivity index (χ2n) is 14.9. The SMILES string of the molecule is CC(C)S(C)=O.CN(CC(=O)NC(Cc1ccccc1)C(O)CN1CC2CCCCC2CC1C(=O)NC(C)(C)C)Cc1cccnc1.NC=O. The van der Waals surface area contributed by atoms with Gasteiger partial charge in [-0.1, -0.05) is 69.5 Å². The fourth-order valence-corrected chi connectivity index (χ4v) is 6.50. The van der Waals surface area contributed by atoms with Crippen LogP contribution in [0.2, 0.25) is 0 Å². The summed E-state index contributed by atoms with van der Waals surface area (Å²) in [5.74, 6) is 1.01. The van der Waals surface area contributed by atoms with Crippen LogP contribution in [0.1, 0.15) is 77.8 Å². The molecule has 280 valence electrons. The number of β-amino-alcohol motifs (C(OH)–C–C–N with tert-alkyl or cyclic N) is 1. The number of aliphatic hydroxyl groups excluding tert-OH is 1. The number of hydrogen-bond donors (Lipinski definition) is 4. The molecule has 6 unspecified atom stereocenters. The number of likely N-dealkylation sites (N-methyl/N-ethyl adjacent to an activating group) is 1. The molecule has 0 radical (unpaired) electrons. The van der Waals surface area contributed by atoms with Crippen molar-refractivity contribution in [3.8, 4) is 0 Å². The van der Waals surface area contributed by atoms with Gasteiger partial charge in [0.1, 0.15) is 0 Å². The van der Waals surface area contributed by atoms with Crippen LogP contribution in [0.4, 0.5) is 0 Å². The van der Waals surface area contributed by atoms with Gasteiger partial charge < -0.3 is 21.5 Å². The minimum Gasteiger partial charge on any atom is -0.390 e. The van der Waals surface area contributed by atoms with Gasteiger partial charge in [-0.15, -0.1) is 0 Å². The molecule has 2 aromatic rings. The first-order valence-corrected chi connectivity index (χ1v) is 19.4. The molecule has 3 amide bonds. The molecule has 6 atom stereocenters. The number of piperidine rings is 1. The molecule has 0 spiro atoms. The van der Waals surface area contributed by atoms with E-state index in [1.165, 1.54) is 25.7 Å². The summed E-state index contributed by atoms with van der Waals surface area (Å²) >= 11 is 0. The van der Waals surface area contributed by atoms with Crippen molar-refractivity contribution >= 4 is 29.0 Å². The predicted octanol–water partition coefficient (Wildman–Crippen LogP) is 3.27.